The Bertz CT molecular complexity index is 1470. The van der Waals surface area contributed by atoms with Crippen LogP contribution in [0.5, 0.6) is 5.75 Å². The van der Waals surface area contributed by atoms with Gasteiger partial charge in [0.05, 0.1) is 19.1 Å². The van der Waals surface area contributed by atoms with Crippen LogP contribution in [-0.2, 0) is 53.1 Å². The van der Waals surface area contributed by atoms with Gasteiger partial charge >= 0.3 is 11.9 Å². The first-order valence-corrected chi connectivity index (χ1v) is 15.3. The standard InChI is InChI=1S/C35H42N4O8/c1-4-45-35(44)24(3)38-34(43)30(20-31(40)47-22-27-13-9-6-10-14-27)39-32(41)23(2)37-33(42)29(36)19-25-15-17-28(18-16-25)46-21-26-11-7-5-8-12-26/h5-18,23-24,29-30H,4,19-22,36H2,1-3H3,(H,37,42)(H,38,43)(H,39,41)/t23-,24-,29+,30-/m0/s1. The van der Waals surface area contributed by atoms with Crippen LogP contribution in [0.2, 0.25) is 0 Å². The number of rotatable bonds is 17. The Balaban J connectivity index is 1.55. The Morgan fingerprint density at radius 2 is 1.23 bits per heavy atom. The van der Waals surface area contributed by atoms with E-state index in [9.17, 15) is 24.0 Å². The lowest BCUT2D eigenvalue weighted by Gasteiger charge is -2.23. The quantitative estimate of drug-likeness (QED) is 0.160. The minimum absolute atomic E-state index is 0.0328. The molecule has 0 aliphatic carbocycles. The number of ether oxygens (including phenoxy) is 3. The van der Waals surface area contributed by atoms with Gasteiger partial charge in [-0.05, 0) is 56.0 Å². The van der Waals surface area contributed by atoms with Crippen LogP contribution in [0.3, 0.4) is 0 Å². The van der Waals surface area contributed by atoms with Crippen molar-refractivity contribution in [2.45, 2.75) is 71.0 Å². The maximum absolute atomic E-state index is 13.1. The molecule has 0 saturated carbocycles. The number of carbonyl (C=O) groups excluding carboxylic acids is 5. The summed E-state index contributed by atoms with van der Waals surface area (Å²) in [5.41, 5.74) is 8.70. The van der Waals surface area contributed by atoms with Crippen molar-refractivity contribution in [3.8, 4) is 5.75 Å². The molecule has 0 aromatic heterocycles. The molecule has 0 saturated heterocycles. The van der Waals surface area contributed by atoms with E-state index in [2.05, 4.69) is 16.0 Å². The lowest BCUT2D eigenvalue weighted by Crippen LogP contribution is -2.56. The van der Waals surface area contributed by atoms with Gasteiger partial charge in [0.15, 0.2) is 0 Å². The SMILES string of the molecule is CCOC(=O)[C@H](C)NC(=O)[C@H](CC(=O)OCc1ccccc1)NC(=O)[C@H](C)NC(=O)[C@H](N)Cc1ccc(OCc2ccccc2)cc1. The molecule has 47 heavy (non-hydrogen) atoms. The van der Waals surface area contributed by atoms with Crippen LogP contribution in [0.15, 0.2) is 84.9 Å². The third-order valence-electron chi connectivity index (χ3n) is 6.96. The summed E-state index contributed by atoms with van der Waals surface area (Å²) in [5.74, 6) is -2.90. The zero-order chi connectivity index (χ0) is 34.2. The molecule has 3 amide bonds. The molecule has 0 aliphatic heterocycles. The third-order valence-corrected chi connectivity index (χ3v) is 6.96. The summed E-state index contributed by atoms with van der Waals surface area (Å²) >= 11 is 0. The average molecular weight is 647 g/mol. The molecule has 3 aromatic carbocycles. The molecule has 0 unspecified atom stereocenters. The van der Waals surface area contributed by atoms with Gasteiger partial charge in [0.2, 0.25) is 17.7 Å². The molecular formula is C35H42N4O8. The second-order valence-electron chi connectivity index (χ2n) is 10.9. The van der Waals surface area contributed by atoms with Gasteiger partial charge in [-0.2, -0.15) is 0 Å². The zero-order valence-electron chi connectivity index (χ0n) is 26.8. The minimum atomic E-state index is -1.40. The average Bonchev–Trinajstić information content (AvgIpc) is 3.07. The molecule has 4 atom stereocenters. The van der Waals surface area contributed by atoms with Crippen LogP contribution >= 0.6 is 0 Å². The van der Waals surface area contributed by atoms with Crippen molar-refractivity contribution < 1.29 is 38.2 Å². The van der Waals surface area contributed by atoms with Gasteiger partial charge < -0.3 is 35.9 Å². The molecule has 5 N–H and O–H groups in total. The molecule has 250 valence electrons. The maximum Gasteiger partial charge on any atom is 0.328 e. The van der Waals surface area contributed by atoms with Crippen molar-refractivity contribution in [1.82, 2.24) is 16.0 Å². The van der Waals surface area contributed by atoms with Gasteiger partial charge in [-0.3, -0.25) is 19.2 Å². The summed E-state index contributed by atoms with van der Waals surface area (Å²) in [6, 6.07) is 21.3. The first-order valence-electron chi connectivity index (χ1n) is 15.3. The highest BCUT2D eigenvalue weighted by Crippen LogP contribution is 2.15. The Morgan fingerprint density at radius 3 is 1.83 bits per heavy atom. The highest BCUT2D eigenvalue weighted by Gasteiger charge is 2.30. The van der Waals surface area contributed by atoms with E-state index in [0.717, 1.165) is 16.7 Å². The highest BCUT2D eigenvalue weighted by atomic mass is 16.5. The predicted octanol–water partition coefficient (Wildman–Crippen LogP) is 2.33. The van der Waals surface area contributed by atoms with Crippen molar-refractivity contribution in [2.24, 2.45) is 5.73 Å². The topological polar surface area (TPSA) is 175 Å². The highest BCUT2D eigenvalue weighted by molar-refractivity contribution is 5.95. The van der Waals surface area contributed by atoms with E-state index in [1.165, 1.54) is 13.8 Å². The van der Waals surface area contributed by atoms with Crippen molar-refractivity contribution in [3.63, 3.8) is 0 Å². The maximum atomic E-state index is 13.1. The van der Waals surface area contributed by atoms with Crippen LogP contribution in [-0.4, -0.2) is 60.4 Å². The van der Waals surface area contributed by atoms with Gasteiger partial charge in [0, 0.05) is 0 Å². The van der Waals surface area contributed by atoms with E-state index in [1.807, 2.05) is 36.4 Å². The van der Waals surface area contributed by atoms with Crippen LogP contribution in [0.25, 0.3) is 0 Å². The molecule has 0 bridgehead atoms. The summed E-state index contributed by atoms with van der Waals surface area (Å²) < 4.78 is 16.0. The number of nitrogens with one attached hydrogen (secondary N) is 3. The number of amides is 3. The van der Waals surface area contributed by atoms with E-state index in [4.69, 9.17) is 19.9 Å². The summed E-state index contributed by atoms with van der Waals surface area (Å²) in [7, 11) is 0. The van der Waals surface area contributed by atoms with Gasteiger partial charge in [0.1, 0.15) is 37.1 Å². The largest absolute Gasteiger partial charge is 0.489 e. The van der Waals surface area contributed by atoms with E-state index in [1.54, 1.807) is 55.5 Å². The second kappa shape index (κ2) is 18.7. The number of nitrogens with two attached hydrogens (primary N) is 1. The van der Waals surface area contributed by atoms with Crippen LogP contribution in [0.1, 0.15) is 43.9 Å². The first-order chi connectivity index (χ1) is 22.5. The second-order valence-corrected chi connectivity index (χ2v) is 10.9. The van der Waals surface area contributed by atoms with Gasteiger partial charge in [-0.1, -0.05) is 72.8 Å². The van der Waals surface area contributed by atoms with Crippen LogP contribution in [0, 0.1) is 0 Å². The number of hydrogen-bond acceptors (Lipinski definition) is 9. The van der Waals surface area contributed by atoms with E-state index in [-0.39, 0.29) is 19.6 Å². The molecular weight excluding hydrogens is 604 g/mol. The minimum Gasteiger partial charge on any atom is -0.489 e. The molecule has 12 heteroatoms. The molecule has 0 heterocycles. The monoisotopic (exact) mass is 646 g/mol. The van der Waals surface area contributed by atoms with Crippen molar-refractivity contribution in [1.29, 1.82) is 0 Å². The Kier molecular flexibility index (Phi) is 14.4. The summed E-state index contributed by atoms with van der Waals surface area (Å²) in [4.78, 5) is 63.6. The summed E-state index contributed by atoms with van der Waals surface area (Å²) in [6.07, 6.45) is -0.325. The number of esters is 2. The lowest BCUT2D eigenvalue weighted by atomic mass is 10.1. The van der Waals surface area contributed by atoms with Crippen molar-refractivity contribution in [2.75, 3.05) is 6.61 Å². The molecule has 0 aliphatic rings. The van der Waals surface area contributed by atoms with Gasteiger partial charge in [-0.15, -0.1) is 0 Å². The Hall–Kier alpha value is -5.23. The normalized spacial score (nSPS) is 13.2. The fourth-order valence-electron chi connectivity index (χ4n) is 4.31. The van der Waals surface area contributed by atoms with Crippen LogP contribution in [0.4, 0.5) is 0 Å². The van der Waals surface area contributed by atoms with E-state index < -0.39 is 60.2 Å². The predicted molar refractivity (Wildman–Crippen MR) is 174 cm³/mol. The fraction of sp³-hybridized carbons (Fsp3) is 0.343. The van der Waals surface area contributed by atoms with Crippen LogP contribution < -0.4 is 26.4 Å². The van der Waals surface area contributed by atoms with Crippen molar-refractivity contribution >= 4 is 29.7 Å². The van der Waals surface area contributed by atoms with Gasteiger partial charge in [0.25, 0.3) is 0 Å². The Morgan fingerprint density at radius 1 is 0.660 bits per heavy atom. The lowest BCUT2D eigenvalue weighted by molar-refractivity contribution is -0.148. The molecule has 0 radical (unpaired) electrons. The molecule has 0 spiro atoms. The molecule has 3 aromatic rings. The molecule has 12 nitrogen and oxygen atoms in total. The van der Waals surface area contributed by atoms with Crippen molar-refractivity contribution in [3.05, 3.63) is 102 Å². The first kappa shape index (κ1) is 36.2. The number of benzene rings is 3. The summed E-state index contributed by atoms with van der Waals surface area (Å²) in [5, 5.41) is 7.46. The van der Waals surface area contributed by atoms with E-state index in [0.29, 0.717) is 12.4 Å². The molecule has 0 fully saturated rings. The Labute approximate surface area is 274 Å². The fourth-order valence-corrected chi connectivity index (χ4v) is 4.31. The molecule has 3 rings (SSSR count). The smallest absolute Gasteiger partial charge is 0.328 e. The van der Waals surface area contributed by atoms with E-state index >= 15 is 0 Å². The number of hydrogen-bond donors (Lipinski definition) is 4. The third kappa shape index (κ3) is 12.6. The summed E-state index contributed by atoms with van der Waals surface area (Å²) in [6.45, 7) is 4.96. The zero-order valence-corrected chi connectivity index (χ0v) is 26.8. The van der Waals surface area contributed by atoms with Gasteiger partial charge in [-0.25, -0.2) is 4.79 Å². The number of carbonyl (C=O) groups is 5.